The number of carbonyl (C=O) groups is 1. The molecule has 7 heteroatoms. The summed E-state index contributed by atoms with van der Waals surface area (Å²) in [5.74, 6) is 0.240. The van der Waals surface area contributed by atoms with Crippen LogP contribution in [0.2, 0.25) is 0 Å². The number of carbonyl (C=O) groups excluding carboxylic acids is 1. The van der Waals surface area contributed by atoms with Gasteiger partial charge in [-0.1, -0.05) is 6.07 Å². The van der Waals surface area contributed by atoms with Crippen molar-refractivity contribution in [1.82, 2.24) is 14.5 Å². The number of benzene rings is 1. The first-order chi connectivity index (χ1) is 11.9. The molecule has 25 heavy (non-hydrogen) atoms. The number of fused-ring (bicyclic) bond motifs is 1. The molecule has 1 aromatic rings. The number of amides is 1. The molecule has 6 nitrogen and oxygen atoms in total. The van der Waals surface area contributed by atoms with Crippen LogP contribution >= 0.6 is 0 Å². The van der Waals surface area contributed by atoms with Gasteiger partial charge >= 0.3 is 0 Å². The summed E-state index contributed by atoms with van der Waals surface area (Å²) in [7, 11) is -1.49. The second kappa shape index (κ2) is 6.37. The third-order valence-corrected chi connectivity index (χ3v) is 7.79. The van der Waals surface area contributed by atoms with Gasteiger partial charge < -0.3 is 10.2 Å². The van der Waals surface area contributed by atoms with Crippen molar-refractivity contribution >= 4 is 15.9 Å². The quantitative estimate of drug-likeness (QED) is 0.875. The summed E-state index contributed by atoms with van der Waals surface area (Å²) in [6.07, 6.45) is 4.21. The van der Waals surface area contributed by atoms with Crippen LogP contribution in [-0.4, -0.2) is 62.3 Å². The van der Waals surface area contributed by atoms with Crippen molar-refractivity contribution in [3.8, 4) is 0 Å². The number of nitrogens with zero attached hydrogens (tertiary/aromatic N) is 2. The van der Waals surface area contributed by atoms with E-state index in [-0.39, 0.29) is 16.8 Å². The van der Waals surface area contributed by atoms with Crippen LogP contribution < -0.4 is 5.32 Å². The molecule has 3 aliphatic rings. The topological polar surface area (TPSA) is 69.7 Å². The van der Waals surface area contributed by atoms with Crippen LogP contribution in [0, 0.1) is 5.92 Å². The fourth-order valence-electron chi connectivity index (χ4n) is 4.10. The van der Waals surface area contributed by atoms with Gasteiger partial charge in [-0.15, -0.1) is 0 Å². The van der Waals surface area contributed by atoms with Crippen molar-refractivity contribution < 1.29 is 13.2 Å². The van der Waals surface area contributed by atoms with Crippen molar-refractivity contribution in [2.45, 2.75) is 42.7 Å². The molecule has 1 amide bonds. The molecule has 1 saturated carbocycles. The lowest BCUT2D eigenvalue weighted by molar-refractivity contribution is 0.0916. The first-order valence-electron chi connectivity index (χ1n) is 9.06. The van der Waals surface area contributed by atoms with Crippen molar-refractivity contribution in [2.75, 3.05) is 26.7 Å². The molecule has 2 atom stereocenters. The average Bonchev–Trinajstić information content (AvgIpc) is 3.14. The lowest BCUT2D eigenvalue weighted by Crippen LogP contribution is -2.39. The Morgan fingerprint density at radius 2 is 2.00 bits per heavy atom. The maximum atomic E-state index is 13.0. The van der Waals surface area contributed by atoms with Crippen LogP contribution in [-0.2, 0) is 10.0 Å². The largest absolute Gasteiger partial charge is 0.349 e. The second-order valence-electron chi connectivity index (χ2n) is 7.55. The van der Waals surface area contributed by atoms with Gasteiger partial charge in [0.05, 0.1) is 4.90 Å². The fraction of sp³-hybridized carbons (Fsp3) is 0.611. The van der Waals surface area contributed by atoms with E-state index in [0.717, 1.165) is 32.2 Å². The minimum Gasteiger partial charge on any atom is -0.349 e. The SMILES string of the molecule is CN1CC[C@@H]2CN(S(=O)(=O)c3cccc(C(=O)NC4CCC4)c3)C[C@@H]21. The Balaban J connectivity index is 1.52. The van der Waals surface area contributed by atoms with Gasteiger partial charge in [-0.2, -0.15) is 4.31 Å². The van der Waals surface area contributed by atoms with Crippen LogP contribution in [0.3, 0.4) is 0 Å². The predicted octanol–water partition coefficient (Wildman–Crippen LogP) is 1.29. The highest BCUT2D eigenvalue weighted by molar-refractivity contribution is 7.89. The summed E-state index contributed by atoms with van der Waals surface area (Å²) >= 11 is 0. The number of hydrogen-bond donors (Lipinski definition) is 1. The molecule has 0 unspecified atom stereocenters. The highest BCUT2D eigenvalue weighted by Crippen LogP contribution is 2.33. The smallest absolute Gasteiger partial charge is 0.251 e. The van der Waals surface area contributed by atoms with E-state index in [4.69, 9.17) is 0 Å². The highest BCUT2D eigenvalue weighted by Gasteiger charge is 2.44. The maximum Gasteiger partial charge on any atom is 0.251 e. The lowest BCUT2D eigenvalue weighted by Gasteiger charge is -2.26. The fourth-order valence-corrected chi connectivity index (χ4v) is 5.66. The molecule has 3 fully saturated rings. The van der Waals surface area contributed by atoms with Crippen molar-refractivity contribution in [3.05, 3.63) is 29.8 Å². The molecular weight excluding hydrogens is 338 g/mol. The second-order valence-corrected chi connectivity index (χ2v) is 9.49. The van der Waals surface area contributed by atoms with Crippen molar-refractivity contribution in [2.24, 2.45) is 5.92 Å². The van der Waals surface area contributed by atoms with E-state index in [1.54, 1.807) is 22.5 Å². The minimum absolute atomic E-state index is 0.181. The molecule has 4 rings (SSSR count). The zero-order valence-corrected chi connectivity index (χ0v) is 15.3. The average molecular weight is 363 g/mol. The van der Waals surface area contributed by atoms with E-state index in [2.05, 4.69) is 17.3 Å². The third kappa shape index (κ3) is 3.09. The van der Waals surface area contributed by atoms with Gasteiger partial charge in [-0.05, 0) is 63.4 Å². The maximum absolute atomic E-state index is 13.0. The van der Waals surface area contributed by atoms with Gasteiger partial charge in [-0.3, -0.25) is 4.79 Å². The van der Waals surface area contributed by atoms with Crippen molar-refractivity contribution in [3.63, 3.8) is 0 Å². The first kappa shape index (κ1) is 17.0. The lowest BCUT2D eigenvalue weighted by atomic mass is 9.93. The molecule has 2 saturated heterocycles. The Kier molecular flexibility index (Phi) is 4.33. The number of likely N-dealkylation sites (tertiary alicyclic amines) is 1. The molecule has 136 valence electrons. The van der Waals surface area contributed by atoms with Crippen LogP contribution in [0.15, 0.2) is 29.2 Å². The number of nitrogens with one attached hydrogen (secondary N) is 1. The van der Waals surface area contributed by atoms with Gasteiger partial charge in [0.25, 0.3) is 5.91 Å². The zero-order chi connectivity index (χ0) is 17.6. The van der Waals surface area contributed by atoms with Crippen LogP contribution in [0.25, 0.3) is 0 Å². The van der Waals surface area contributed by atoms with Crippen LogP contribution in [0.5, 0.6) is 0 Å². The Morgan fingerprint density at radius 1 is 1.20 bits per heavy atom. The van der Waals surface area contributed by atoms with Gasteiger partial charge in [0.15, 0.2) is 0 Å². The number of sulfonamides is 1. The van der Waals surface area contributed by atoms with E-state index in [1.165, 1.54) is 6.07 Å². The van der Waals surface area contributed by atoms with Gasteiger partial charge in [0, 0.05) is 30.7 Å². The molecule has 0 bridgehead atoms. The molecule has 1 N–H and O–H groups in total. The third-order valence-electron chi connectivity index (χ3n) is 5.97. The standard InChI is InChI=1S/C18H25N3O3S/c1-20-9-8-14-11-21(12-17(14)20)25(23,24)16-7-2-4-13(10-16)18(22)19-15-5-3-6-15/h2,4,7,10,14-15,17H,3,5-6,8-9,11-12H2,1H3,(H,19,22)/t14-,17+/m1/s1. The molecule has 0 spiro atoms. The molecule has 0 radical (unpaired) electrons. The summed E-state index contributed by atoms with van der Waals surface area (Å²) in [5.41, 5.74) is 0.421. The first-order valence-corrected chi connectivity index (χ1v) is 10.5. The van der Waals surface area contributed by atoms with Gasteiger partial charge in [-0.25, -0.2) is 8.42 Å². The number of rotatable bonds is 4. The molecule has 2 aliphatic heterocycles. The van der Waals surface area contributed by atoms with Crippen LogP contribution in [0.4, 0.5) is 0 Å². The Bertz CT molecular complexity index is 776. The molecular formula is C18H25N3O3S. The van der Waals surface area contributed by atoms with Gasteiger partial charge in [0.2, 0.25) is 10.0 Å². The summed E-state index contributed by atoms with van der Waals surface area (Å²) < 4.78 is 27.6. The summed E-state index contributed by atoms with van der Waals surface area (Å²) in [4.78, 5) is 14.8. The minimum atomic E-state index is -3.55. The van der Waals surface area contributed by atoms with Gasteiger partial charge in [0.1, 0.15) is 0 Å². The summed E-state index contributed by atoms with van der Waals surface area (Å²) in [5, 5.41) is 2.97. The normalized spacial score (nSPS) is 27.9. The van der Waals surface area contributed by atoms with E-state index in [9.17, 15) is 13.2 Å². The predicted molar refractivity (Wildman–Crippen MR) is 94.8 cm³/mol. The molecule has 0 aromatic heterocycles. The van der Waals surface area contributed by atoms with E-state index >= 15 is 0 Å². The zero-order valence-electron chi connectivity index (χ0n) is 14.5. The Hall–Kier alpha value is -1.44. The molecule has 1 aliphatic carbocycles. The Labute approximate surface area is 149 Å². The van der Waals surface area contributed by atoms with Crippen molar-refractivity contribution in [1.29, 1.82) is 0 Å². The monoisotopic (exact) mass is 363 g/mol. The van der Waals surface area contributed by atoms with E-state index in [1.807, 2.05) is 0 Å². The number of likely N-dealkylation sites (N-methyl/N-ethyl adjacent to an activating group) is 1. The van der Waals surface area contributed by atoms with E-state index in [0.29, 0.717) is 30.6 Å². The highest BCUT2D eigenvalue weighted by atomic mass is 32.2. The Morgan fingerprint density at radius 3 is 2.68 bits per heavy atom. The van der Waals surface area contributed by atoms with Crippen LogP contribution in [0.1, 0.15) is 36.0 Å². The molecule has 2 heterocycles. The summed E-state index contributed by atoms with van der Waals surface area (Å²) in [6.45, 7) is 2.16. The number of hydrogen-bond acceptors (Lipinski definition) is 4. The summed E-state index contributed by atoms with van der Waals surface area (Å²) in [6, 6.07) is 7.00. The molecule has 1 aromatic carbocycles. The van der Waals surface area contributed by atoms with E-state index < -0.39 is 10.0 Å².